The molecule has 2 heterocycles. The van der Waals surface area contributed by atoms with Gasteiger partial charge in [-0.3, -0.25) is 14.9 Å². The molecular formula is C15H10ClN3O4S. The largest absolute Gasteiger partial charge is 0.451 e. The first-order valence-electron chi connectivity index (χ1n) is 6.75. The van der Waals surface area contributed by atoms with Crippen LogP contribution in [0.25, 0.3) is 11.3 Å². The van der Waals surface area contributed by atoms with Crippen molar-refractivity contribution < 1.29 is 14.1 Å². The van der Waals surface area contributed by atoms with Crippen molar-refractivity contribution in [2.45, 2.75) is 6.54 Å². The lowest BCUT2D eigenvalue weighted by Gasteiger charge is -2.02. The number of nitro benzene ring substituents is 1. The predicted octanol–water partition coefficient (Wildman–Crippen LogP) is 3.89. The number of furan rings is 1. The predicted molar refractivity (Wildman–Crippen MR) is 89.1 cm³/mol. The normalized spacial score (nSPS) is 10.5. The van der Waals surface area contributed by atoms with Gasteiger partial charge in [-0.15, -0.1) is 11.3 Å². The molecule has 0 unspecified atom stereocenters. The second kappa shape index (κ2) is 6.81. The maximum Gasteiger partial charge on any atom is 0.287 e. The summed E-state index contributed by atoms with van der Waals surface area (Å²) in [6.45, 7) is 0.310. The van der Waals surface area contributed by atoms with Crippen LogP contribution in [0.5, 0.6) is 0 Å². The van der Waals surface area contributed by atoms with Gasteiger partial charge >= 0.3 is 0 Å². The summed E-state index contributed by atoms with van der Waals surface area (Å²) in [7, 11) is 0. The van der Waals surface area contributed by atoms with E-state index in [9.17, 15) is 14.9 Å². The topological polar surface area (TPSA) is 98.3 Å². The Kier molecular flexibility index (Phi) is 4.59. The zero-order chi connectivity index (χ0) is 17.1. The van der Waals surface area contributed by atoms with Crippen LogP contribution in [-0.4, -0.2) is 15.8 Å². The number of carbonyl (C=O) groups is 1. The molecule has 0 aliphatic rings. The molecule has 0 radical (unpaired) electrons. The third-order valence-electron chi connectivity index (χ3n) is 3.14. The molecule has 9 heteroatoms. The fraction of sp³-hybridized carbons (Fsp3) is 0.0667. The monoisotopic (exact) mass is 363 g/mol. The minimum Gasteiger partial charge on any atom is -0.451 e. The van der Waals surface area contributed by atoms with Gasteiger partial charge in [-0.25, -0.2) is 4.98 Å². The summed E-state index contributed by atoms with van der Waals surface area (Å²) < 4.78 is 5.50. The quantitative estimate of drug-likeness (QED) is 0.547. The van der Waals surface area contributed by atoms with E-state index in [0.717, 1.165) is 5.01 Å². The number of thiazole rings is 1. The number of aromatic nitrogens is 1. The third kappa shape index (κ3) is 3.44. The van der Waals surface area contributed by atoms with E-state index in [0.29, 0.717) is 17.9 Å². The van der Waals surface area contributed by atoms with Crippen molar-refractivity contribution in [1.82, 2.24) is 10.3 Å². The standard InChI is InChI=1S/C15H10ClN3O4S/c16-11-7-9(19(21)22)1-2-10(11)12-3-4-13(23-12)15(20)18-8-14-17-5-6-24-14/h1-7H,8H2,(H,18,20). The molecule has 2 aromatic heterocycles. The van der Waals surface area contributed by atoms with Crippen LogP contribution in [0.2, 0.25) is 5.02 Å². The average molecular weight is 364 g/mol. The van der Waals surface area contributed by atoms with Gasteiger partial charge in [0, 0.05) is 29.3 Å². The van der Waals surface area contributed by atoms with Crippen LogP contribution in [0, 0.1) is 10.1 Å². The molecule has 122 valence electrons. The van der Waals surface area contributed by atoms with Gasteiger partial charge in [0.15, 0.2) is 5.76 Å². The van der Waals surface area contributed by atoms with E-state index >= 15 is 0 Å². The van der Waals surface area contributed by atoms with E-state index in [-0.39, 0.29) is 22.4 Å². The Bertz CT molecular complexity index is 892. The summed E-state index contributed by atoms with van der Waals surface area (Å²) in [5.41, 5.74) is 0.359. The zero-order valence-electron chi connectivity index (χ0n) is 12.1. The van der Waals surface area contributed by atoms with Gasteiger partial charge in [0.25, 0.3) is 11.6 Å². The summed E-state index contributed by atoms with van der Waals surface area (Å²) in [6.07, 6.45) is 1.66. The Morgan fingerprint density at radius 2 is 2.21 bits per heavy atom. The van der Waals surface area contributed by atoms with Crippen LogP contribution >= 0.6 is 22.9 Å². The van der Waals surface area contributed by atoms with Crippen molar-refractivity contribution in [3.63, 3.8) is 0 Å². The highest BCUT2D eigenvalue weighted by molar-refractivity contribution is 7.09. The van der Waals surface area contributed by atoms with Crippen molar-refractivity contribution in [1.29, 1.82) is 0 Å². The number of hydrogen-bond donors (Lipinski definition) is 1. The van der Waals surface area contributed by atoms with Crippen LogP contribution in [0.3, 0.4) is 0 Å². The summed E-state index contributed by atoms with van der Waals surface area (Å²) in [5.74, 6) is 0.0970. The molecule has 0 fully saturated rings. The number of amides is 1. The number of carbonyl (C=O) groups excluding carboxylic acids is 1. The Hall–Kier alpha value is -2.71. The van der Waals surface area contributed by atoms with E-state index in [4.69, 9.17) is 16.0 Å². The van der Waals surface area contributed by atoms with E-state index in [1.165, 1.54) is 35.6 Å². The second-order valence-electron chi connectivity index (χ2n) is 4.69. The van der Waals surface area contributed by atoms with Gasteiger partial charge in [-0.1, -0.05) is 11.6 Å². The minimum atomic E-state index is -0.532. The second-order valence-corrected chi connectivity index (χ2v) is 6.08. The lowest BCUT2D eigenvalue weighted by Crippen LogP contribution is -2.22. The maximum atomic E-state index is 12.1. The number of benzene rings is 1. The molecule has 0 bridgehead atoms. The molecule has 1 aromatic carbocycles. The first-order chi connectivity index (χ1) is 11.5. The van der Waals surface area contributed by atoms with Gasteiger partial charge in [-0.05, 0) is 18.2 Å². The average Bonchev–Trinajstić information content (AvgIpc) is 3.24. The Morgan fingerprint density at radius 3 is 2.88 bits per heavy atom. The van der Waals surface area contributed by atoms with Gasteiger partial charge < -0.3 is 9.73 Å². The smallest absolute Gasteiger partial charge is 0.287 e. The van der Waals surface area contributed by atoms with Gasteiger partial charge in [0.1, 0.15) is 10.8 Å². The number of hydrogen-bond acceptors (Lipinski definition) is 6. The molecule has 0 atom stereocenters. The van der Waals surface area contributed by atoms with Crippen LogP contribution < -0.4 is 5.32 Å². The fourth-order valence-corrected chi connectivity index (χ4v) is 2.83. The van der Waals surface area contributed by atoms with E-state index in [1.807, 2.05) is 5.38 Å². The Labute approximate surface area is 145 Å². The van der Waals surface area contributed by atoms with E-state index in [1.54, 1.807) is 12.3 Å². The summed E-state index contributed by atoms with van der Waals surface area (Å²) in [4.78, 5) is 26.3. The molecule has 1 N–H and O–H groups in total. The zero-order valence-corrected chi connectivity index (χ0v) is 13.6. The number of non-ortho nitro benzene ring substituents is 1. The molecule has 0 aliphatic heterocycles. The van der Waals surface area contributed by atoms with Gasteiger partial charge in [-0.2, -0.15) is 0 Å². The minimum absolute atomic E-state index is 0.114. The molecule has 24 heavy (non-hydrogen) atoms. The van der Waals surface area contributed by atoms with Crippen LogP contribution in [0.1, 0.15) is 15.6 Å². The summed E-state index contributed by atoms with van der Waals surface area (Å²) in [5, 5.41) is 16.2. The first kappa shape index (κ1) is 16.2. The number of nitrogens with one attached hydrogen (secondary N) is 1. The molecule has 0 saturated carbocycles. The highest BCUT2D eigenvalue weighted by Gasteiger charge is 2.16. The molecule has 0 aliphatic carbocycles. The van der Waals surface area contributed by atoms with Crippen LogP contribution in [-0.2, 0) is 6.54 Å². The third-order valence-corrected chi connectivity index (χ3v) is 4.23. The number of rotatable bonds is 5. The van der Waals surface area contributed by atoms with Crippen molar-refractivity contribution in [2.24, 2.45) is 0 Å². The first-order valence-corrected chi connectivity index (χ1v) is 8.01. The molecule has 7 nitrogen and oxygen atoms in total. The SMILES string of the molecule is O=C(NCc1nccs1)c1ccc(-c2ccc([N+](=O)[O-])cc2Cl)o1. The van der Waals surface area contributed by atoms with Crippen molar-refractivity contribution in [2.75, 3.05) is 0 Å². The van der Waals surface area contributed by atoms with Crippen molar-refractivity contribution in [3.05, 3.63) is 67.8 Å². The lowest BCUT2D eigenvalue weighted by atomic mass is 10.1. The molecule has 1 amide bonds. The Morgan fingerprint density at radius 1 is 1.38 bits per heavy atom. The number of nitrogens with zero attached hydrogens (tertiary/aromatic N) is 2. The maximum absolute atomic E-state index is 12.1. The van der Waals surface area contributed by atoms with E-state index in [2.05, 4.69) is 10.3 Å². The molecule has 0 spiro atoms. The Balaban J connectivity index is 1.75. The van der Waals surface area contributed by atoms with Gasteiger partial charge in [0.05, 0.1) is 16.5 Å². The van der Waals surface area contributed by atoms with E-state index < -0.39 is 4.92 Å². The lowest BCUT2D eigenvalue weighted by molar-refractivity contribution is -0.384. The van der Waals surface area contributed by atoms with Crippen molar-refractivity contribution >= 4 is 34.5 Å². The molecule has 0 saturated heterocycles. The summed E-state index contributed by atoms with van der Waals surface area (Å²) in [6, 6.07) is 7.15. The summed E-state index contributed by atoms with van der Waals surface area (Å²) >= 11 is 7.49. The fourth-order valence-electron chi connectivity index (χ4n) is 2.01. The molecular weight excluding hydrogens is 354 g/mol. The van der Waals surface area contributed by atoms with Crippen LogP contribution in [0.15, 0.2) is 46.3 Å². The highest BCUT2D eigenvalue weighted by Crippen LogP contribution is 2.32. The van der Waals surface area contributed by atoms with Crippen LogP contribution in [0.4, 0.5) is 5.69 Å². The number of halogens is 1. The highest BCUT2D eigenvalue weighted by atomic mass is 35.5. The van der Waals surface area contributed by atoms with Gasteiger partial charge in [0.2, 0.25) is 0 Å². The number of nitro groups is 1. The van der Waals surface area contributed by atoms with Crippen molar-refractivity contribution in [3.8, 4) is 11.3 Å². The molecule has 3 aromatic rings. The molecule has 3 rings (SSSR count).